The third kappa shape index (κ3) is 7.87. The minimum absolute atomic E-state index is 0.0788. The van der Waals surface area contributed by atoms with Crippen LogP contribution in [0.2, 0.25) is 0 Å². The van der Waals surface area contributed by atoms with Gasteiger partial charge >= 0.3 is 6.18 Å². The quantitative estimate of drug-likeness (QED) is 0.504. The van der Waals surface area contributed by atoms with Crippen molar-refractivity contribution in [3.63, 3.8) is 0 Å². The van der Waals surface area contributed by atoms with Crippen molar-refractivity contribution in [2.24, 2.45) is 4.99 Å². The Bertz CT molecular complexity index is 819. The summed E-state index contributed by atoms with van der Waals surface area (Å²) in [4.78, 5) is 9.28. The van der Waals surface area contributed by atoms with Crippen LogP contribution in [0, 0.1) is 0 Å². The maximum atomic E-state index is 12.3. The molecule has 0 unspecified atom stereocenters. The molecule has 10 heteroatoms. The number of guanidine groups is 1. The molecule has 1 aliphatic rings. The summed E-state index contributed by atoms with van der Waals surface area (Å²) >= 11 is 0. The van der Waals surface area contributed by atoms with Crippen LogP contribution in [0.3, 0.4) is 0 Å². The van der Waals surface area contributed by atoms with E-state index in [0.717, 1.165) is 56.5 Å². The topological polar surface area (TPSA) is 66.1 Å². The molecule has 1 N–H and O–H groups in total. The molecule has 1 aliphatic heterocycles. The molecule has 0 aliphatic carbocycles. The number of hydrogen-bond donors (Lipinski definition) is 1. The van der Waals surface area contributed by atoms with Gasteiger partial charge in [0, 0.05) is 45.3 Å². The van der Waals surface area contributed by atoms with Gasteiger partial charge in [0.1, 0.15) is 12.9 Å². The van der Waals surface area contributed by atoms with Crippen LogP contribution in [0.1, 0.15) is 23.7 Å². The molecule has 3 rings (SSSR count). The van der Waals surface area contributed by atoms with Crippen LogP contribution in [0.25, 0.3) is 0 Å². The smallest absolute Gasteiger partial charge is 0.367 e. The predicted octanol–water partition coefficient (Wildman–Crippen LogP) is 3.04. The number of rotatable bonds is 8. The van der Waals surface area contributed by atoms with Gasteiger partial charge in [-0.1, -0.05) is 29.4 Å². The normalized spacial score (nSPS) is 16.0. The molecular formula is C21H28F3N5O2. The molecular weight excluding hydrogens is 411 g/mol. The summed E-state index contributed by atoms with van der Waals surface area (Å²) in [5.74, 6) is 0.835. The number of piperazine rings is 1. The Morgan fingerprint density at radius 1 is 1.19 bits per heavy atom. The first-order valence-corrected chi connectivity index (χ1v) is 10.3. The Morgan fingerprint density at radius 3 is 2.65 bits per heavy atom. The molecule has 1 aromatic heterocycles. The fraction of sp³-hybridized carbons (Fsp3) is 0.524. The molecule has 1 saturated heterocycles. The number of ether oxygens (including phenoxy) is 1. The predicted molar refractivity (Wildman–Crippen MR) is 110 cm³/mol. The zero-order chi connectivity index (χ0) is 22.1. The van der Waals surface area contributed by atoms with Gasteiger partial charge in [-0.05, 0) is 18.1 Å². The lowest BCUT2D eigenvalue weighted by Gasteiger charge is -2.36. The average Bonchev–Trinajstić information content (AvgIpc) is 3.24. The second kappa shape index (κ2) is 11.1. The van der Waals surface area contributed by atoms with Gasteiger partial charge in [0.2, 0.25) is 0 Å². The first-order chi connectivity index (χ1) is 14.9. The Balaban J connectivity index is 1.53. The lowest BCUT2D eigenvalue weighted by Crippen LogP contribution is -2.52. The maximum Gasteiger partial charge on any atom is 0.411 e. The third-order valence-electron chi connectivity index (χ3n) is 4.82. The number of alkyl halides is 3. The highest BCUT2D eigenvalue weighted by molar-refractivity contribution is 5.80. The average molecular weight is 439 g/mol. The Morgan fingerprint density at radius 2 is 1.97 bits per heavy atom. The molecule has 1 aromatic carbocycles. The Labute approximate surface area is 179 Å². The van der Waals surface area contributed by atoms with E-state index in [9.17, 15) is 13.2 Å². The molecule has 2 heterocycles. The molecule has 7 nitrogen and oxygen atoms in total. The second-order valence-corrected chi connectivity index (χ2v) is 7.35. The molecule has 170 valence electrons. The van der Waals surface area contributed by atoms with E-state index in [1.165, 1.54) is 0 Å². The van der Waals surface area contributed by atoms with Gasteiger partial charge in [-0.3, -0.25) is 4.90 Å². The van der Waals surface area contributed by atoms with Crippen LogP contribution < -0.4 is 5.32 Å². The summed E-state index contributed by atoms with van der Waals surface area (Å²) in [7, 11) is 0. The molecule has 0 saturated carbocycles. The van der Waals surface area contributed by atoms with Crippen LogP contribution in [0.15, 0.2) is 46.1 Å². The summed E-state index contributed by atoms with van der Waals surface area (Å²) in [6.45, 7) is 6.12. The summed E-state index contributed by atoms with van der Waals surface area (Å²) in [6.07, 6.45) is -2.74. The monoisotopic (exact) mass is 439 g/mol. The maximum absolute atomic E-state index is 12.3. The van der Waals surface area contributed by atoms with Crippen LogP contribution in [-0.2, 0) is 24.4 Å². The molecule has 1 fully saturated rings. The van der Waals surface area contributed by atoms with E-state index in [1.807, 2.05) is 31.2 Å². The summed E-state index contributed by atoms with van der Waals surface area (Å²) < 4.78 is 46.4. The Kier molecular flexibility index (Phi) is 8.30. The van der Waals surface area contributed by atoms with Crippen molar-refractivity contribution in [3.8, 4) is 0 Å². The van der Waals surface area contributed by atoms with E-state index in [-0.39, 0.29) is 6.61 Å². The van der Waals surface area contributed by atoms with Crippen LogP contribution in [0.4, 0.5) is 13.2 Å². The van der Waals surface area contributed by atoms with E-state index in [4.69, 9.17) is 14.3 Å². The van der Waals surface area contributed by atoms with Crippen molar-refractivity contribution in [1.29, 1.82) is 0 Å². The fourth-order valence-electron chi connectivity index (χ4n) is 3.36. The van der Waals surface area contributed by atoms with Gasteiger partial charge in [-0.15, -0.1) is 0 Å². The highest BCUT2D eigenvalue weighted by Crippen LogP contribution is 2.16. The molecule has 0 bridgehead atoms. The first kappa shape index (κ1) is 23.1. The van der Waals surface area contributed by atoms with Gasteiger partial charge in [-0.2, -0.15) is 13.2 Å². The van der Waals surface area contributed by atoms with E-state index >= 15 is 0 Å². The van der Waals surface area contributed by atoms with Crippen LogP contribution >= 0.6 is 0 Å². The van der Waals surface area contributed by atoms with Gasteiger partial charge in [0.05, 0.1) is 18.8 Å². The van der Waals surface area contributed by atoms with Crippen molar-refractivity contribution < 1.29 is 22.4 Å². The molecule has 0 radical (unpaired) electrons. The largest absolute Gasteiger partial charge is 0.411 e. The molecule has 2 aromatic rings. The van der Waals surface area contributed by atoms with E-state index in [0.29, 0.717) is 12.1 Å². The van der Waals surface area contributed by atoms with E-state index in [1.54, 1.807) is 12.3 Å². The lowest BCUT2D eigenvalue weighted by molar-refractivity contribution is -0.176. The van der Waals surface area contributed by atoms with Crippen LogP contribution in [-0.4, -0.2) is 66.4 Å². The van der Waals surface area contributed by atoms with E-state index < -0.39 is 12.8 Å². The number of hydrogen-bond acceptors (Lipinski definition) is 5. The second-order valence-electron chi connectivity index (χ2n) is 7.35. The van der Waals surface area contributed by atoms with Gasteiger partial charge < -0.3 is 19.5 Å². The summed E-state index contributed by atoms with van der Waals surface area (Å²) in [5, 5.41) is 7.29. The Hall–Kier alpha value is -2.59. The number of nitrogens with one attached hydrogen (secondary N) is 1. The fourth-order valence-corrected chi connectivity index (χ4v) is 3.36. The minimum Gasteiger partial charge on any atom is -0.367 e. The standard InChI is InChI=1S/C21H28F3N5O2/c1-2-25-20(29-9-7-28(8-10-29)14-19-6-11-31-27-19)26-13-17-4-3-5-18(12-17)15-30-16-21(22,23)24/h3-6,11-12H,2,7-10,13-16H2,1H3,(H,25,26). The summed E-state index contributed by atoms with van der Waals surface area (Å²) in [5.41, 5.74) is 2.55. The van der Waals surface area contributed by atoms with Crippen molar-refractivity contribution in [2.75, 3.05) is 39.3 Å². The highest BCUT2D eigenvalue weighted by atomic mass is 19.4. The van der Waals surface area contributed by atoms with Crippen molar-refractivity contribution >= 4 is 5.96 Å². The van der Waals surface area contributed by atoms with E-state index in [2.05, 4.69) is 20.3 Å². The van der Waals surface area contributed by atoms with Crippen molar-refractivity contribution in [2.45, 2.75) is 32.8 Å². The zero-order valence-corrected chi connectivity index (χ0v) is 17.6. The summed E-state index contributed by atoms with van der Waals surface area (Å²) in [6, 6.07) is 9.19. The lowest BCUT2D eigenvalue weighted by atomic mass is 10.1. The van der Waals surface area contributed by atoms with Crippen molar-refractivity contribution in [1.82, 2.24) is 20.3 Å². The van der Waals surface area contributed by atoms with Crippen molar-refractivity contribution in [3.05, 3.63) is 53.4 Å². The van der Waals surface area contributed by atoms with Gasteiger partial charge in [0.15, 0.2) is 5.96 Å². The van der Waals surface area contributed by atoms with Gasteiger partial charge in [-0.25, -0.2) is 4.99 Å². The number of nitrogens with zero attached hydrogens (tertiary/aromatic N) is 4. The highest BCUT2D eigenvalue weighted by Gasteiger charge is 2.27. The van der Waals surface area contributed by atoms with Crippen LogP contribution in [0.5, 0.6) is 0 Å². The number of aliphatic imine (C=N–C) groups is 1. The molecule has 0 amide bonds. The zero-order valence-electron chi connectivity index (χ0n) is 17.6. The number of halogens is 3. The molecule has 31 heavy (non-hydrogen) atoms. The third-order valence-corrected chi connectivity index (χ3v) is 4.82. The first-order valence-electron chi connectivity index (χ1n) is 10.3. The molecule has 0 atom stereocenters. The van der Waals surface area contributed by atoms with Gasteiger partial charge in [0.25, 0.3) is 0 Å². The molecule has 0 spiro atoms. The SMILES string of the molecule is CCNC(=NCc1cccc(COCC(F)(F)F)c1)N1CCN(Cc2ccon2)CC1. The number of aromatic nitrogens is 1. The minimum atomic E-state index is -4.32. The number of benzene rings is 1.